The molecule has 0 spiro atoms. The molecular weight excluding hydrogens is 248 g/mol. The summed E-state index contributed by atoms with van der Waals surface area (Å²) in [7, 11) is 0. The van der Waals surface area contributed by atoms with Crippen LogP contribution in [-0.4, -0.2) is 0 Å². The van der Waals surface area contributed by atoms with Crippen LogP contribution in [0.25, 0.3) is 0 Å². The molecule has 0 aliphatic heterocycles. The number of benzene rings is 2. The highest BCUT2D eigenvalue weighted by Gasteiger charge is 2.06. The Morgan fingerprint density at radius 3 is 2.29 bits per heavy atom. The summed E-state index contributed by atoms with van der Waals surface area (Å²) in [6.45, 7) is 4.30. The molecule has 0 radical (unpaired) electrons. The molecule has 0 bridgehead atoms. The normalized spacial score (nSPS) is 10.5. The van der Waals surface area contributed by atoms with E-state index in [0.717, 1.165) is 0 Å². The lowest BCUT2D eigenvalue weighted by Gasteiger charge is -2.11. The van der Waals surface area contributed by atoms with E-state index in [0.29, 0.717) is 5.88 Å². The van der Waals surface area contributed by atoms with Crippen molar-refractivity contribution < 1.29 is 0 Å². The molecular formula is C15H15ClS. The van der Waals surface area contributed by atoms with Crippen molar-refractivity contribution in [1.82, 2.24) is 0 Å². The zero-order chi connectivity index (χ0) is 12.3. The van der Waals surface area contributed by atoms with Crippen LogP contribution in [0.1, 0.15) is 16.7 Å². The van der Waals surface area contributed by atoms with E-state index in [1.54, 1.807) is 11.8 Å². The minimum atomic E-state index is 0.586. The number of rotatable bonds is 3. The molecule has 2 aromatic rings. The fourth-order valence-corrected chi connectivity index (χ4v) is 3.00. The third kappa shape index (κ3) is 2.85. The van der Waals surface area contributed by atoms with E-state index in [1.807, 2.05) is 6.07 Å². The van der Waals surface area contributed by atoms with Gasteiger partial charge in [0.05, 0.1) is 0 Å². The van der Waals surface area contributed by atoms with Crippen molar-refractivity contribution in [3.63, 3.8) is 0 Å². The van der Waals surface area contributed by atoms with E-state index >= 15 is 0 Å². The molecule has 0 fully saturated rings. The Kier molecular flexibility index (Phi) is 4.14. The average molecular weight is 263 g/mol. The molecule has 0 nitrogen and oxygen atoms in total. The third-order valence-electron chi connectivity index (χ3n) is 2.96. The lowest BCUT2D eigenvalue weighted by molar-refractivity contribution is 1.17. The number of alkyl halides is 1. The predicted octanol–water partition coefficient (Wildman–Crippen LogP) is 5.19. The summed E-state index contributed by atoms with van der Waals surface area (Å²) in [5, 5.41) is 0. The van der Waals surface area contributed by atoms with Gasteiger partial charge in [0, 0.05) is 15.7 Å². The van der Waals surface area contributed by atoms with E-state index in [4.69, 9.17) is 11.6 Å². The van der Waals surface area contributed by atoms with Gasteiger partial charge in [0.1, 0.15) is 0 Å². The van der Waals surface area contributed by atoms with Crippen molar-refractivity contribution in [1.29, 1.82) is 0 Å². The molecule has 0 saturated heterocycles. The molecule has 0 heterocycles. The topological polar surface area (TPSA) is 0 Å². The quantitative estimate of drug-likeness (QED) is 0.686. The van der Waals surface area contributed by atoms with Crippen LogP contribution in [0.15, 0.2) is 52.3 Å². The Morgan fingerprint density at radius 1 is 0.941 bits per heavy atom. The smallest absolute Gasteiger partial charge is 0.0476 e. The summed E-state index contributed by atoms with van der Waals surface area (Å²) in [6, 6.07) is 14.7. The van der Waals surface area contributed by atoms with Gasteiger partial charge >= 0.3 is 0 Å². The fourth-order valence-electron chi connectivity index (χ4n) is 1.72. The van der Waals surface area contributed by atoms with Crippen LogP contribution in [0, 0.1) is 13.8 Å². The Bertz CT molecular complexity index is 506. The molecule has 17 heavy (non-hydrogen) atoms. The number of hydrogen-bond donors (Lipinski definition) is 0. The minimum absolute atomic E-state index is 0.586. The Labute approximate surface area is 112 Å². The highest BCUT2D eigenvalue weighted by Crippen LogP contribution is 2.32. The first-order valence-corrected chi connectivity index (χ1v) is 6.95. The van der Waals surface area contributed by atoms with E-state index in [-0.39, 0.29) is 0 Å². The van der Waals surface area contributed by atoms with Crippen LogP contribution in [0.3, 0.4) is 0 Å². The van der Waals surface area contributed by atoms with E-state index < -0.39 is 0 Å². The Hall–Kier alpha value is -0.920. The second-order valence-corrected chi connectivity index (χ2v) is 5.40. The van der Waals surface area contributed by atoms with Gasteiger partial charge in [0.15, 0.2) is 0 Å². The third-order valence-corrected chi connectivity index (χ3v) is 4.42. The molecule has 2 heteroatoms. The second-order valence-electron chi connectivity index (χ2n) is 4.02. The van der Waals surface area contributed by atoms with Crippen molar-refractivity contribution >= 4 is 23.4 Å². The lowest BCUT2D eigenvalue weighted by Crippen LogP contribution is -1.91. The molecule has 0 aliphatic rings. The monoisotopic (exact) mass is 262 g/mol. The summed E-state index contributed by atoms with van der Waals surface area (Å²) in [4.78, 5) is 2.58. The van der Waals surface area contributed by atoms with Crippen molar-refractivity contribution in [3.8, 4) is 0 Å². The van der Waals surface area contributed by atoms with Gasteiger partial charge in [-0.15, -0.1) is 11.6 Å². The molecule has 0 amide bonds. The van der Waals surface area contributed by atoms with Gasteiger partial charge in [-0.1, -0.05) is 36.0 Å². The first kappa shape index (κ1) is 12.5. The molecule has 0 aromatic heterocycles. The van der Waals surface area contributed by atoms with Crippen molar-refractivity contribution in [2.24, 2.45) is 0 Å². The highest BCUT2D eigenvalue weighted by molar-refractivity contribution is 7.99. The molecule has 2 rings (SSSR count). The summed E-state index contributed by atoms with van der Waals surface area (Å²) < 4.78 is 0. The maximum absolute atomic E-state index is 5.91. The standard InChI is InChI=1S/C15H15ClS/c1-11-12(2)15(9-8-13(11)10-16)17-14-6-4-3-5-7-14/h3-9H,10H2,1-2H3. The van der Waals surface area contributed by atoms with Gasteiger partial charge in [0.25, 0.3) is 0 Å². The maximum Gasteiger partial charge on any atom is 0.0476 e. The molecule has 88 valence electrons. The zero-order valence-corrected chi connectivity index (χ0v) is 11.6. The lowest BCUT2D eigenvalue weighted by atomic mass is 10.0. The van der Waals surface area contributed by atoms with Gasteiger partial charge in [-0.05, 0) is 48.7 Å². The molecule has 0 N–H and O–H groups in total. The predicted molar refractivity (Wildman–Crippen MR) is 76.0 cm³/mol. The Balaban J connectivity index is 2.32. The minimum Gasteiger partial charge on any atom is -0.122 e. The summed E-state index contributed by atoms with van der Waals surface area (Å²) in [5.74, 6) is 0.586. The first-order chi connectivity index (χ1) is 8.22. The fraction of sp³-hybridized carbons (Fsp3) is 0.200. The number of hydrogen-bond acceptors (Lipinski definition) is 1. The van der Waals surface area contributed by atoms with Crippen LogP contribution < -0.4 is 0 Å². The van der Waals surface area contributed by atoms with Crippen LogP contribution >= 0.6 is 23.4 Å². The van der Waals surface area contributed by atoms with E-state index in [2.05, 4.69) is 50.2 Å². The van der Waals surface area contributed by atoms with Gasteiger partial charge in [-0.3, -0.25) is 0 Å². The van der Waals surface area contributed by atoms with Gasteiger partial charge in [-0.2, -0.15) is 0 Å². The Morgan fingerprint density at radius 2 is 1.65 bits per heavy atom. The van der Waals surface area contributed by atoms with Gasteiger partial charge in [-0.25, -0.2) is 0 Å². The molecule has 0 atom stereocenters. The summed E-state index contributed by atoms with van der Waals surface area (Å²) in [5.41, 5.74) is 3.86. The van der Waals surface area contributed by atoms with Crippen molar-refractivity contribution in [3.05, 3.63) is 59.2 Å². The number of halogens is 1. The molecule has 2 aromatic carbocycles. The van der Waals surface area contributed by atoms with Crippen molar-refractivity contribution in [2.45, 2.75) is 29.5 Å². The van der Waals surface area contributed by atoms with Crippen LogP contribution in [0.5, 0.6) is 0 Å². The summed E-state index contributed by atoms with van der Waals surface area (Å²) in [6.07, 6.45) is 0. The first-order valence-electron chi connectivity index (χ1n) is 5.60. The van der Waals surface area contributed by atoms with Crippen LogP contribution in [0.2, 0.25) is 0 Å². The largest absolute Gasteiger partial charge is 0.122 e. The average Bonchev–Trinajstić information content (AvgIpc) is 2.37. The van der Waals surface area contributed by atoms with Crippen LogP contribution in [-0.2, 0) is 5.88 Å². The highest BCUT2D eigenvalue weighted by atomic mass is 35.5. The molecule has 0 saturated carbocycles. The van der Waals surface area contributed by atoms with Gasteiger partial charge in [0.2, 0.25) is 0 Å². The van der Waals surface area contributed by atoms with Crippen LogP contribution in [0.4, 0.5) is 0 Å². The van der Waals surface area contributed by atoms with E-state index in [1.165, 1.54) is 26.5 Å². The molecule has 0 aliphatic carbocycles. The zero-order valence-electron chi connectivity index (χ0n) is 10.0. The van der Waals surface area contributed by atoms with Gasteiger partial charge < -0.3 is 0 Å². The van der Waals surface area contributed by atoms with E-state index in [9.17, 15) is 0 Å². The summed E-state index contributed by atoms with van der Waals surface area (Å²) >= 11 is 7.71. The molecule has 0 unspecified atom stereocenters. The SMILES string of the molecule is Cc1c(CCl)ccc(Sc2ccccc2)c1C. The maximum atomic E-state index is 5.91. The van der Waals surface area contributed by atoms with Crippen molar-refractivity contribution in [2.75, 3.05) is 0 Å². The second kappa shape index (κ2) is 5.61.